The Kier molecular flexibility index (Phi) is 4.50. The highest BCUT2D eigenvalue weighted by Crippen LogP contribution is 2.37. The number of carbonyl (C=O) groups is 2. The van der Waals surface area contributed by atoms with Crippen LogP contribution in [0.5, 0.6) is 0 Å². The number of likely N-dealkylation sites (tertiary alicyclic amines) is 1. The van der Waals surface area contributed by atoms with Gasteiger partial charge in [-0.05, 0) is 25.2 Å². The van der Waals surface area contributed by atoms with Crippen molar-refractivity contribution in [2.45, 2.75) is 32.4 Å². The second kappa shape index (κ2) is 6.89. The minimum absolute atomic E-state index is 0.0163. The molecule has 2 aromatic carbocycles. The lowest BCUT2D eigenvalue weighted by Crippen LogP contribution is -2.54. The Labute approximate surface area is 165 Å². The van der Waals surface area contributed by atoms with Crippen LogP contribution in [0.3, 0.4) is 0 Å². The van der Waals surface area contributed by atoms with E-state index in [2.05, 4.69) is 0 Å². The second-order valence-corrected chi connectivity index (χ2v) is 7.31. The van der Waals surface area contributed by atoms with Crippen LogP contribution in [0, 0.1) is 20.2 Å². The molecule has 10 nitrogen and oxygen atoms in total. The van der Waals surface area contributed by atoms with Gasteiger partial charge >= 0.3 is 0 Å². The number of benzene rings is 2. The number of imide groups is 1. The van der Waals surface area contributed by atoms with E-state index in [1.165, 1.54) is 0 Å². The van der Waals surface area contributed by atoms with Crippen LogP contribution >= 0.6 is 0 Å². The maximum absolute atomic E-state index is 13.2. The first kappa shape index (κ1) is 18.9. The lowest BCUT2D eigenvalue weighted by Gasteiger charge is -2.40. The molecule has 1 fully saturated rings. The summed E-state index contributed by atoms with van der Waals surface area (Å²) in [6.07, 6.45) is 2.41. The highest BCUT2D eigenvalue weighted by Gasteiger charge is 2.40. The molecule has 2 aliphatic heterocycles. The molecule has 4 rings (SSSR count). The number of rotatable bonds is 4. The van der Waals surface area contributed by atoms with Crippen molar-refractivity contribution >= 4 is 34.0 Å². The van der Waals surface area contributed by atoms with Crippen LogP contribution in [0.1, 0.15) is 46.9 Å². The number of hydrogen-bond acceptors (Lipinski definition) is 7. The van der Waals surface area contributed by atoms with E-state index in [1.807, 2.05) is 4.90 Å². The minimum atomic E-state index is -0.656. The molecule has 0 spiro atoms. The molecule has 1 unspecified atom stereocenters. The second-order valence-electron chi connectivity index (χ2n) is 7.31. The maximum Gasteiger partial charge on any atom is 0.270 e. The van der Waals surface area contributed by atoms with Crippen LogP contribution in [-0.2, 0) is 0 Å². The van der Waals surface area contributed by atoms with Crippen molar-refractivity contribution in [3.8, 4) is 0 Å². The van der Waals surface area contributed by atoms with Crippen molar-refractivity contribution in [2.75, 3.05) is 13.1 Å². The summed E-state index contributed by atoms with van der Waals surface area (Å²) in [5, 5.41) is 23.0. The third kappa shape index (κ3) is 3.01. The lowest BCUT2D eigenvalue weighted by atomic mass is 9.92. The summed E-state index contributed by atoms with van der Waals surface area (Å²) in [6, 6.07) is 4.59. The predicted molar refractivity (Wildman–Crippen MR) is 103 cm³/mol. The number of amides is 2. The Morgan fingerprint density at radius 1 is 0.862 bits per heavy atom. The van der Waals surface area contributed by atoms with Crippen molar-refractivity contribution in [1.29, 1.82) is 0 Å². The zero-order valence-electron chi connectivity index (χ0n) is 15.7. The summed E-state index contributed by atoms with van der Waals surface area (Å²) >= 11 is 0. The van der Waals surface area contributed by atoms with Gasteiger partial charge in [0.05, 0.1) is 27.1 Å². The summed E-state index contributed by atoms with van der Waals surface area (Å²) < 4.78 is 0. The van der Waals surface area contributed by atoms with E-state index in [1.54, 1.807) is 6.92 Å². The van der Waals surface area contributed by atoms with Crippen LogP contribution < -0.4 is 0 Å². The van der Waals surface area contributed by atoms with E-state index < -0.39 is 27.8 Å². The molecule has 2 amide bonds. The first-order valence-corrected chi connectivity index (χ1v) is 9.32. The van der Waals surface area contributed by atoms with E-state index in [9.17, 15) is 29.8 Å². The standard InChI is InChI=1S/C19H18N4O6/c1-11(20-5-3-2-4-6-20)21-18(24)15-9-13(22(26)27)7-12-8-14(23(28)29)10-16(17(12)15)19(21)25/h7-11H,2-6H2,1H3. The average molecular weight is 398 g/mol. The number of piperidine rings is 1. The summed E-state index contributed by atoms with van der Waals surface area (Å²) in [7, 11) is 0. The molecule has 1 atom stereocenters. The Hall–Kier alpha value is -3.40. The molecule has 2 aliphatic rings. The summed E-state index contributed by atoms with van der Waals surface area (Å²) in [5.74, 6) is -1.24. The molecule has 0 saturated carbocycles. The molecule has 0 aromatic heterocycles. The Morgan fingerprint density at radius 3 is 1.79 bits per heavy atom. The van der Waals surface area contributed by atoms with Crippen LogP contribution in [0.2, 0.25) is 0 Å². The SMILES string of the molecule is CC(N1CCCCC1)N1C(=O)c2cc([N+](=O)[O-])cc3cc([N+](=O)[O-])cc(c23)C1=O. The largest absolute Gasteiger partial charge is 0.283 e. The Bertz CT molecular complexity index is 1010. The molecule has 0 N–H and O–H groups in total. The zero-order chi connectivity index (χ0) is 20.9. The normalized spacial score (nSPS) is 18.2. The van der Waals surface area contributed by atoms with Crippen LogP contribution in [0.4, 0.5) is 11.4 Å². The number of nitro groups is 2. The lowest BCUT2D eigenvalue weighted by molar-refractivity contribution is -0.385. The molecule has 2 aromatic rings. The fourth-order valence-electron chi connectivity index (χ4n) is 4.18. The van der Waals surface area contributed by atoms with Gasteiger partial charge in [-0.1, -0.05) is 6.42 Å². The fourth-order valence-corrected chi connectivity index (χ4v) is 4.18. The minimum Gasteiger partial charge on any atom is -0.283 e. The van der Waals surface area contributed by atoms with Crippen LogP contribution in [-0.4, -0.2) is 50.7 Å². The highest BCUT2D eigenvalue weighted by atomic mass is 16.6. The molecule has 29 heavy (non-hydrogen) atoms. The van der Waals surface area contributed by atoms with Gasteiger partial charge in [0.1, 0.15) is 0 Å². The van der Waals surface area contributed by atoms with Crippen LogP contribution in [0.25, 0.3) is 10.8 Å². The third-order valence-corrected chi connectivity index (χ3v) is 5.63. The average Bonchev–Trinajstić information content (AvgIpc) is 2.71. The predicted octanol–water partition coefficient (Wildman–Crippen LogP) is 3.08. The van der Waals surface area contributed by atoms with Gasteiger partial charge in [-0.25, -0.2) is 0 Å². The molecule has 0 bridgehead atoms. The van der Waals surface area contributed by atoms with E-state index >= 15 is 0 Å². The summed E-state index contributed by atoms with van der Waals surface area (Å²) in [6.45, 7) is 3.19. The van der Waals surface area contributed by atoms with Crippen molar-refractivity contribution in [2.24, 2.45) is 0 Å². The quantitative estimate of drug-likeness (QED) is 0.440. The van der Waals surface area contributed by atoms with Crippen molar-refractivity contribution in [3.05, 3.63) is 55.6 Å². The van der Waals surface area contributed by atoms with E-state index in [0.29, 0.717) is 0 Å². The van der Waals surface area contributed by atoms with Gasteiger partial charge < -0.3 is 0 Å². The number of hydrogen-bond donors (Lipinski definition) is 0. The van der Waals surface area contributed by atoms with E-state index in [-0.39, 0.29) is 33.3 Å². The van der Waals surface area contributed by atoms with Gasteiger partial charge in [-0.15, -0.1) is 0 Å². The fraction of sp³-hybridized carbons (Fsp3) is 0.368. The van der Waals surface area contributed by atoms with Crippen molar-refractivity contribution < 1.29 is 19.4 Å². The molecule has 0 radical (unpaired) electrons. The molecule has 1 saturated heterocycles. The smallest absolute Gasteiger partial charge is 0.270 e. The maximum atomic E-state index is 13.2. The Balaban J connectivity index is 1.92. The van der Waals surface area contributed by atoms with E-state index in [4.69, 9.17) is 0 Å². The molecule has 10 heteroatoms. The number of nitro benzene ring substituents is 2. The van der Waals surface area contributed by atoms with E-state index in [0.717, 1.165) is 61.5 Å². The van der Waals surface area contributed by atoms with Crippen LogP contribution in [0.15, 0.2) is 24.3 Å². The zero-order valence-corrected chi connectivity index (χ0v) is 15.7. The van der Waals surface area contributed by atoms with Gasteiger partial charge in [-0.2, -0.15) is 0 Å². The Morgan fingerprint density at radius 2 is 1.34 bits per heavy atom. The number of non-ortho nitro benzene ring substituents is 2. The monoisotopic (exact) mass is 398 g/mol. The first-order chi connectivity index (χ1) is 13.8. The number of nitrogens with zero attached hydrogens (tertiary/aromatic N) is 4. The molecular formula is C19H18N4O6. The van der Waals surface area contributed by atoms with Gasteiger partial charge in [0.15, 0.2) is 0 Å². The van der Waals surface area contributed by atoms with Gasteiger partial charge in [0.2, 0.25) is 0 Å². The summed E-state index contributed by atoms with van der Waals surface area (Å²) in [4.78, 5) is 50.9. The molecular weight excluding hydrogens is 380 g/mol. The highest BCUT2D eigenvalue weighted by molar-refractivity contribution is 6.26. The molecule has 0 aliphatic carbocycles. The van der Waals surface area contributed by atoms with Gasteiger partial charge in [0, 0.05) is 42.7 Å². The third-order valence-electron chi connectivity index (χ3n) is 5.63. The first-order valence-electron chi connectivity index (χ1n) is 9.32. The number of carbonyl (C=O) groups excluding carboxylic acids is 2. The molecule has 2 heterocycles. The van der Waals surface area contributed by atoms with Crippen molar-refractivity contribution in [1.82, 2.24) is 9.80 Å². The van der Waals surface area contributed by atoms with Gasteiger partial charge in [0.25, 0.3) is 23.2 Å². The summed E-state index contributed by atoms with van der Waals surface area (Å²) in [5.41, 5.74) is -0.676. The van der Waals surface area contributed by atoms with Gasteiger partial charge in [-0.3, -0.25) is 39.6 Å². The topological polar surface area (TPSA) is 127 Å². The molecule has 150 valence electrons. The van der Waals surface area contributed by atoms with Crippen molar-refractivity contribution in [3.63, 3.8) is 0 Å².